The second-order valence-electron chi connectivity index (χ2n) is 3.05. The average Bonchev–Trinajstić information content (AvgIpc) is 2.32. The standard InChI is InChI=1S/C12H10O.BH3O2/c13-12-8-6-11(7-9-12)10-4-2-1-3-5-10;2-1-3/h1-9,13H;1-3H. The highest BCUT2D eigenvalue weighted by Gasteiger charge is 1.94. The molecule has 0 aliphatic rings. The number of hydrogen-bond acceptors (Lipinski definition) is 3. The molecule has 4 heteroatoms. The molecule has 0 fully saturated rings. The first-order valence-corrected chi connectivity index (χ1v) is 4.84. The summed E-state index contributed by atoms with van der Waals surface area (Å²) in [5.74, 6) is 0.305. The zero-order valence-corrected chi connectivity index (χ0v) is 8.74. The van der Waals surface area contributed by atoms with Gasteiger partial charge >= 0.3 is 7.69 Å². The Hall–Kier alpha value is -1.78. The second kappa shape index (κ2) is 6.66. The first-order valence-electron chi connectivity index (χ1n) is 4.84. The Bertz CT molecular complexity index is 400. The van der Waals surface area contributed by atoms with Crippen LogP contribution in [0.25, 0.3) is 11.1 Å². The van der Waals surface area contributed by atoms with E-state index in [2.05, 4.69) is 0 Å². The van der Waals surface area contributed by atoms with Crippen molar-refractivity contribution >= 4 is 7.69 Å². The molecule has 2 rings (SSSR count). The van der Waals surface area contributed by atoms with E-state index >= 15 is 0 Å². The van der Waals surface area contributed by atoms with Gasteiger partial charge in [0.05, 0.1) is 0 Å². The number of phenolic OH excluding ortho intramolecular Hbond substituents is 1. The van der Waals surface area contributed by atoms with Crippen LogP contribution in [0.3, 0.4) is 0 Å². The van der Waals surface area contributed by atoms with Crippen LogP contribution in [0.4, 0.5) is 0 Å². The van der Waals surface area contributed by atoms with E-state index in [4.69, 9.17) is 15.2 Å². The molecule has 0 spiro atoms. The van der Waals surface area contributed by atoms with Gasteiger partial charge in [0, 0.05) is 0 Å². The zero-order valence-electron chi connectivity index (χ0n) is 8.74. The van der Waals surface area contributed by atoms with Crippen molar-refractivity contribution in [3.8, 4) is 16.9 Å². The molecule has 82 valence electrons. The van der Waals surface area contributed by atoms with E-state index in [1.165, 1.54) is 5.56 Å². The van der Waals surface area contributed by atoms with Gasteiger partial charge < -0.3 is 15.2 Å². The summed E-state index contributed by atoms with van der Waals surface area (Å²) in [6.45, 7) is 0. The molecule has 0 unspecified atom stereocenters. The summed E-state index contributed by atoms with van der Waals surface area (Å²) in [7, 11) is -0.750. The number of phenols is 1. The molecule has 0 radical (unpaired) electrons. The highest BCUT2D eigenvalue weighted by atomic mass is 16.4. The lowest BCUT2D eigenvalue weighted by molar-refractivity contribution is 0.448. The Kier molecular flexibility index (Phi) is 5.12. The molecule has 0 atom stereocenters. The monoisotopic (exact) mass is 216 g/mol. The lowest BCUT2D eigenvalue weighted by atomic mass is 10.1. The van der Waals surface area contributed by atoms with Gasteiger partial charge in [0.25, 0.3) is 0 Å². The lowest BCUT2D eigenvalue weighted by Gasteiger charge is -2.00. The quantitative estimate of drug-likeness (QED) is 0.629. The summed E-state index contributed by atoms with van der Waals surface area (Å²) in [4.78, 5) is 0. The third-order valence-corrected chi connectivity index (χ3v) is 1.97. The summed E-state index contributed by atoms with van der Waals surface area (Å²) in [5, 5.41) is 23.4. The van der Waals surface area contributed by atoms with Gasteiger partial charge in [-0.05, 0) is 23.3 Å². The van der Waals surface area contributed by atoms with E-state index in [1.807, 2.05) is 42.5 Å². The topological polar surface area (TPSA) is 60.7 Å². The van der Waals surface area contributed by atoms with Gasteiger partial charge in [0.15, 0.2) is 0 Å². The van der Waals surface area contributed by atoms with Crippen molar-refractivity contribution in [1.29, 1.82) is 0 Å². The highest BCUT2D eigenvalue weighted by Crippen LogP contribution is 2.20. The minimum absolute atomic E-state index is 0.305. The Morgan fingerprint density at radius 1 is 0.688 bits per heavy atom. The Balaban J connectivity index is 0.000000386. The minimum Gasteiger partial charge on any atom is -0.508 e. The first-order chi connectivity index (χ1) is 7.77. The van der Waals surface area contributed by atoms with Crippen LogP contribution in [0.1, 0.15) is 0 Å². The Morgan fingerprint density at radius 3 is 1.62 bits per heavy atom. The van der Waals surface area contributed by atoms with E-state index < -0.39 is 7.69 Å². The van der Waals surface area contributed by atoms with E-state index in [1.54, 1.807) is 12.1 Å². The van der Waals surface area contributed by atoms with Crippen molar-refractivity contribution in [3.05, 3.63) is 54.6 Å². The summed E-state index contributed by atoms with van der Waals surface area (Å²) in [6, 6.07) is 17.3. The molecular weight excluding hydrogens is 203 g/mol. The molecule has 16 heavy (non-hydrogen) atoms. The van der Waals surface area contributed by atoms with Crippen LogP contribution in [0, 0.1) is 0 Å². The van der Waals surface area contributed by atoms with E-state index in [0.29, 0.717) is 5.75 Å². The van der Waals surface area contributed by atoms with Crippen LogP contribution < -0.4 is 0 Å². The van der Waals surface area contributed by atoms with Crippen molar-refractivity contribution in [3.63, 3.8) is 0 Å². The SMILES string of the molecule is OBO.Oc1ccc(-c2ccccc2)cc1. The van der Waals surface area contributed by atoms with Gasteiger partial charge in [-0.1, -0.05) is 42.5 Å². The van der Waals surface area contributed by atoms with E-state index in [9.17, 15) is 0 Å². The number of aromatic hydroxyl groups is 1. The van der Waals surface area contributed by atoms with Gasteiger partial charge in [-0.2, -0.15) is 0 Å². The molecule has 3 N–H and O–H groups in total. The smallest absolute Gasteiger partial charge is 0.432 e. The number of hydrogen-bond donors (Lipinski definition) is 3. The van der Waals surface area contributed by atoms with E-state index in [0.717, 1.165) is 5.56 Å². The molecule has 0 heterocycles. The molecule has 0 bridgehead atoms. The molecule has 0 aliphatic heterocycles. The fourth-order valence-corrected chi connectivity index (χ4v) is 1.28. The van der Waals surface area contributed by atoms with Crippen LogP contribution >= 0.6 is 0 Å². The van der Waals surface area contributed by atoms with Crippen molar-refractivity contribution in [2.75, 3.05) is 0 Å². The Labute approximate surface area is 94.9 Å². The molecule has 0 amide bonds. The first kappa shape index (κ1) is 12.3. The lowest BCUT2D eigenvalue weighted by Crippen LogP contribution is -1.75. The van der Waals surface area contributed by atoms with Crippen molar-refractivity contribution in [2.24, 2.45) is 0 Å². The predicted molar refractivity (Wildman–Crippen MR) is 65.1 cm³/mol. The molecule has 0 aliphatic carbocycles. The largest absolute Gasteiger partial charge is 0.508 e. The maximum atomic E-state index is 9.10. The molecule has 3 nitrogen and oxygen atoms in total. The van der Waals surface area contributed by atoms with Gasteiger partial charge in [0.2, 0.25) is 0 Å². The second-order valence-corrected chi connectivity index (χ2v) is 3.05. The number of rotatable bonds is 1. The van der Waals surface area contributed by atoms with Crippen LogP contribution in [-0.2, 0) is 0 Å². The molecule has 2 aromatic rings. The summed E-state index contributed by atoms with van der Waals surface area (Å²) >= 11 is 0. The van der Waals surface area contributed by atoms with Crippen LogP contribution in [0.5, 0.6) is 5.75 Å². The fourth-order valence-electron chi connectivity index (χ4n) is 1.28. The highest BCUT2D eigenvalue weighted by molar-refractivity contribution is 6.13. The van der Waals surface area contributed by atoms with Gasteiger partial charge in [0.1, 0.15) is 5.75 Å². The molecule has 0 saturated heterocycles. The van der Waals surface area contributed by atoms with Crippen molar-refractivity contribution < 1.29 is 15.2 Å². The third-order valence-electron chi connectivity index (χ3n) is 1.97. The molecule has 0 aromatic heterocycles. The minimum atomic E-state index is -0.750. The number of benzene rings is 2. The maximum Gasteiger partial charge on any atom is 0.432 e. The van der Waals surface area contributed by atoms with Crippen LogP contribution in [0.2, 0.25) is 0 Å². The fraction of sp³-hybridized carbons (Fsp3) is 0. The summed E-state index contributed by atoms with van der Waals surface area (Å²) in [6.07, 6.45) is 0. The molecular formula is C12H13BO3. The van der Waals surface area contributed by atoms with Crippen molar-refractivity contribution in [2.45, 2.75) is 0 Å². The average molecular weight is 216 g/mol. The van der Waals surface area contributed by atoms with Gasteiger partial charge in [-0.3, -0.25) is 0 Å². The summed E-state index contributed by atoms with van der Waals surface area (Å²) in [5.41, 5.74) is 2.29. The van der Waals surface area contributed by atoms with Crippen LogP contribution in [-0.4, -0.2) is 22.8 Å². The van der Waals surface area contributed by atoms with Crippen molar-refractivity contribution in [1.82, 2.24) is 0 Å². The third kappa shape index (κ3) is 3.77. The molecule has 0 saturated carbocycles. The zero-order chi connectivity index (χ0) is 11.8. The molecule has 2 aromatic carbocycles. The normalized spacial score (nSPS) is 8.88. The maximum absolute atomic E-state index is 9.10. The summed E-state index contributed by atoms with van der Waals surface area (Å²) < 4.78 is 0. The predicted octanol–water partition coefficient (Wildman–Crippen LogP) is 1.30. The Morgan fingerprint density at radius 2 is 1.12 bits per heavy atom. The van der Waals surface area contributed by atoms with Crippen LogP contribution in [0.15, 0.2) is 54.6 Å². The van der Waals surface area contributed by atoms with Gasteiger partial charge in [-0.25, -0.2) is 0 Å². The van der Waals surface area contributed by atoms with E-state index in [-0.39, 0.29) is 0 Å². The van der Waals surface area contributed by atoms with Gasteiger partial charge in [-0.15, -0.1) is 0 Å².